The van der Waals surface area contributed by atoms with Crippen LogP contribution in [-0.4, -0.2) is 14.8 Å². The van der Waals surface area contributed by atoms with Crippen molar-refractivity contribution in [2.45, 2.75) is 13.1 Å². The number of aryl methyl sites for hydroxylation is 1. The zero-order valence-corrected chi connectivity index (χ0v) is 8.36. The Kier molecular flexibility index (Phi) is 2.41. The molecule has 0 saturated carbocycles. The van der Waals surface area contributed by atoms with E-state index in [1.807, 2.05) is 0 Å². The highest BCUT2D eigenvalue weighted by atomic mass is 19.4. The zero-order chi connectivity index (χ0) is 11.8. The molecule has 0 fully saturated rings. The number of hydrogen-bond acceptors (Lipinski definition) is 2. The van der Waals surface area contributed by atoms with Gasteiger partial charge in [0.1, 0.15) is 0 Å². The van der Waals surface area contributed by atoms with Crippen molar-refractivity contribution in [3.63, 3.8) is 0 Å². The molecule has 0 bridgehead atoms. The van der Waals surface area contributed by atoms with Crippen LogP contribution in [-0.2, 0) is 6.18 Å². The first-order valence-corrected chi connectivity index (χ1v) is 4.53. The van der Waals surface area contributed by atoms with Gasteiger partial charge in [-0.2, -0.15) is 18.3 Å². The molecule has 2 rings (SSSR count). The molecular formula is C10H8F3N3. The van der Waals surface area contributed by atoms with Crippen LogP contribution in [0.4, 0.5) is 13.2 Å². The van der Waals surface area contributed by atoms with Crippen molar-refractivity contribution in [3.05, 3.63) is 41.9 Å². The second-order valence-corrected chi connectivity index (χ2v) is 3.30. The highest BCUT2D eigenvalue weighted by Crippen LogP contribution is 2.30. The smallest absolute Gasteiger partial charge is 0.234 e. The minimum absolute atomic E-state index is 0.164. The Bertz CT molecular complexity index is 489. The molecule has 0 aromatic carbocycles. The van der Waals surface area contributed by atoms with E-state index < -0.39 is 11.7 Å². The molecule has 0 atom stereocenters. The lowest BCUT2D eigenvalue weighted by Gasteiger charge is -2.09. The maximum Gasteiger partial charge on any atom is 0.416 e. The molecule has 0 radical (unpaired) electrons. The summed E-state index contributed by atoms with van der Waals surface area (Å²) < 4.78 is 38.9. The molecule has 0 spiro atoms. The third kappa shape index (κ3) is 2.05. The molecule has 2 heterocycles. The Morgan fingerprint density at radius 3 is 2.56 bits per heavy atom. The molecule has 0 aliphatic heterocycles. The van der Waals surface area contributed by atoms with E-state index in [1.54, 1.807) is 12.3 Å². The second-order valence-electron chi connectivity index (χ2n) is 3.30. The molecule has 0 aliphatic rings. The Hall–Kier alpha value is -1.85. The molecule has 0 unspecified atom stereocenters. The summed E-state index contributed by atoms with van der Waals surface area (Å²) in [7, 11) is 0. The average molecular weight is 227 g/mol. The average Bonchev–Trinajstić information content (AvgIpc) is 2.68. The van der Waals surface area contributed by atoms with Gasteiger partial charge in [0.05, 0.1) is 5.56 Å². The highest BCUT2D eigenvalue weighted by molar-refractivity contribution is 5.31. The first-order valence-electron chi connectivity index (χ1n) is 4.53. The van der Waals surface area contributed by atoms with Gasteiger partial charge in [0, 0.05) is 18.1 Å². The van der Waals surface area contributed by atoms with Crippen LogP contribution < -0.4 is 0 Å². The summed E-state index contributed by atoms with van der Waals surface area (Å²) in [5.74, 6) is 0.164. The summed E-state index contributed by atoms with van der Waals surface area (Å²) in [4.78, 5) is 3.99. The van der Waals surface area contributed by atoms with E-state index in [4.69, 9.17) is 0 Å². The predicted molar refractivity (Wildman–Crippen MR) is 51.1 cm³/mol. The molecule has 0 N–H and O–H groups in total. The number of rotatable bonds is 1. The molecule has 2 aromatic heterocycles. The molecule has 0 saturated heterocycles. The number of alkyl halides is 3. The summed E-state index contributed by atoms with van der Waals surface area (Å²) in [6.45, 7) is 1.52. The van der Waals surface area contributed by atoms with Crippen LogP contribution in [0.25, 0.3) is 5.82 Å². The van der Waals surface area contributed by atoms with Crippen molar-refractivity contribution >= 4 is 0 Å². The predicted octanol–water partition coefficient (Wildman–Crippen LogP) is 2.59. The molecule has 0 aliphatic carbocycles. The van der Waals surface area contributed by atoms with Gasteiger partial charge < -0.3 is 0 Å². The molecule has 0 amide bonds. The Morgan fingerprint density at radius 1 is 1.25 bits per heavy atom. The number of nitrogens with zero attached hydrogens (tertiary/aromatic N) is 3. The molecule has 6 heteroatoms. The third-order valence-corrected chi connectivity index (χ3v) is 2.01. The van der Waals surface area contributed by atoms with Gasteiger partial charge in [0.15, 0.2) is 5.82 Å². The van der Waals surface area contributed by atoms with Crippen molar-refractivity contribution in [2.24, 2.45) is 0 Å². The van der Waals surface area contributed by atoms with E-state index >= 15 is 0 Å². The van der Waals surface area contributed by atoms with Crippen LogP contribution in [0.5, 0.6) is 0 Å². The van der Waals surface area contributed by atoms with E-state index in [-0.39, 0.29) is 5.82 Å². The summed E-state index contributed by atoms with van der Waals surface area (Å²) in [6, 6.07) is 3.60. The van der Waals surface area contributed by atoms with Crippen molar-refractivity contribution in [2.75, 3.05) is 0 Å². The minimum Gasteiger partial charge on any atom is -0.234 e. The van der Waals surface area contributed by atoms with Gasteiger partial charge in [-0.15, -0.1) is 0 Å². The summed E-state index contributed by atoms with van der Waals surface area (Å²) in [5, 5.41) is 3.84. The fourth-order valence-electron chi connectivity index (χ4n) is 1.34. The molecule has 16 heavy (non-hydrogen) atoms. The summed E-state index contributed by atoms with van der Waals surface area (Å²) >= 11 is 0. The van der Waals surface area contributed by atoms with E-state index in [2.05, 4.69) is 10.1 Å². The maximum absolute atomic E-state index is 12.5. The first kappa shape index (κ1) is 10.7. The van der Waals surface area contributed by atoms with Gasteiger partial charge >= 0.3 is 6.18 Å². The van der Waals surface area contributed by atoms with Crippen LogP contribution in [0.2, 0.25) is 0 Å². The minimum atomic E-state index is -4.37. The fraction of sp³-hybridized carbons (Fsp3) is 0.200. The maximum atomic E-state index is 12.5. The lowest BCUT2D eigenvalue weighted by atomic mass is 10.2. The largest absolute Gasteiger partial charge is 0.416 e. The number of halogens is 3. The standard InChI is InChI=1S/C10H8F3N3/c1-7-5-8(10(11,12)13)6-9(15-7)16-4-2-3-14-16/h2-6H,1H3. The van der Waals surface area contributed by atoms with Gasteiger partial charge in [-0.1, -0.05) is 0 Å². The molecule has 3 nitrogen and oxygen atoms in total. The summed E-state index contributed by atoms with van der Waals surface area (Å²) in [5.41, 5.74) is -0.411. The quantitative estimate of drug-likeness (QED) is 0.749. The lowest BCUT2D eigenvalue weighted by Crippen LogP contribution is -2.09. The van der Waals surface area contributed by atoms with Crippen LogP contribution >= 0.6 is 0 Å². The molecule has 84 valence electrons. The van der Waals surface area contributed by atoms with Gasteiger partial charge in [-0.25, -0.2) is 9.67 Å². The van der Waals surface area contributed by atoms with Crippen LogP contribution in [0.3, 0.4) is 0 Å². The van der Waals surface area contributed by atoms with Gasteiger partial charge in [-0.05, 0) is 25.1 Å². The fourth-order valence-corrected chi connectivity index (χ4v) is 1.34. The van der Waals surface area contributed by atoms with Gasteiger partial charge in [0.2, 0.25) is 0 Å². The van der Waals surface area contributed by atoms with Crippen molar-refractivity contribution in [3.8, 4) is 5.82 Å². The topological polar surface area (TPSA) is 30.7 Å². The lowest BCUT2D eigenvalue weighted by molar-refractivity contribution is -0.137. The van der Waals surface area contributed by atoms with Crippen molar-refractivity contribution < 1.29 is 13.2 Å². The van der Waals surface area contributed by atoms with Crippen LogP contribution in [0, 0.1) is 6.92 Å². The summed E-state index contributed by atoms with van der Waals surface area (Å²) in [6.07, 6.45) is -1.34. The molecular weight excluding hydrogens is 219 g/mol. The number of hydrogen-bond donors (Lipinski definition) is 0. The third-order valence-electron chi connectivity index (χ3n) is 2.01. The van der Waals surface area contributed by atoms with Crippen molar-refractivity contribution in [1.29, 1.82) is 0 Å². The highest BCUT2D eigenvalue weighted by Gasteiger charge is 2.31. The van der Waals surface area contributed by atoms with E-state index in [0.717, 1.165) is 12.1 Å². The first-order chi connectivity index (χ1) is 7.47. The van der Waals surface area contributed by atoms with Gasteiger partial charge in [0.25, 0.3) is 0 Å². The van der Waals surface area contributed by atoms with E-state index in [0.29, 0.717) is 5.69 Å². The van der Waals surface area contributed by atoms with Crippen molar-refractivity contribution in [1.82, 2.24) is 14.8 Å². The zero-order valence-electron chi connectivity index (χ0n) is 8.36. The second kappa shape index (κ2) is 3.62. The molecule has 2 aromatic rings. The SMILES string of the molecule is Cc1cc(C(F)(F)F)cc(-n2cccn2)n1. The monoisotopic (exact) mass is 227 g/mol. The number of aromatic nitrogens is 3. The number of pyridine rings is 1. The Balaban J connectivity index is 2.53. The Morgan fingerprint density at radius 2 is 2.00 bits per heavy atom. The Labute approximate surface area is 89.5 Å². The van der Waals surface area contributed by atoms with E-state index in [9.17, 15) is 13.2 Å². The van der Waals surface area contributed by atoms with E-state index in [1.165, 1.54) is 17.8 Å². The normalized spacial score (nSPS) is 11.8. The van der Waals surface area contributed by atoms with Crippen LogP contribution in [0.1, 0.15) is 11.3 Å². The van der Waals surface area contributed by atoms with Gasteiger partial charge in [-0.3, -0.25) is 0 Å². The van der Waals surface area contributed by atoms with Crippen LogP contribution in [0.15, 0.2) is 30.6 Å².